The highest BCUT2D eigenvalue weighted by molar-refractivity contribution is 9.10. The van der Waals surface area contributed by atoms with Crippen LogP contribution in [-0.2, 0) is 15.1 Å². The predicted molar refractivity (Wildman–Crippen MR) is 94.1 cm³/mol. The van der Waals surface area contributed by atoms with Crippen molar-refractivity contribution in [3.05, 3.63) is 34.3 Å². The predicted octanol–water partition coefficient (Wildman–Crippen LogP) is 2.98. The first kappa shape index (κ1) is 19.4. The molecule has 0 aromatic heterocycles. The van der Waals surface area contributed by atoms with Gasteiger partial charge in [0.1, 0.15) is 0 Å². The zero-order valence-corrected chi connectivity index (χ0v) is 15.4. The highest BCUT2D eigenvalue weighted by atomic mass is 79.9. The Balaban J connectivity index is 0.00000242. The summed E-state index contributed by atoms with van der Waals surface area (Å²) in [6, 6.07) is 7.98. The minimum atomic E-state index is -0.348. The fraction of sp³-hybridized carbons (Fsp3) is 0.562. The van der Waals surface area contributed by atoms with E-state index in [1.165, 1.54) is 0 Å². The van der Waals surface area contributed by atoms with Crippen LogP contribution >= 0.6 is 28.3 Å². The number of hydrogen-bond donors (Lipinski definition) is 2. The van der Waals surface area contributed by atoms with E-state index in [-0.39, 0.29) is 35.8 Å². The molecule has 2 atom stereocenters. The fourth-order valence-electron chi connectivity index (χ4n) is 2.56. The van der Waals surface area contributed by atoms with E-state index in [9.17, 15) is 4.79 Å². The molecule has 0 spiro atoms. The number of nitrogens with two attached hydrogens (primary N) is 1. The summed E-state index contributed by atoms with van der Waals surface area (Å²) >= 11 is 3.45. The number of ether oxygens (including phenoxy) is 1. The first-order valence-electron chi connectivity index (χ1n) is 7.36. The minimum Gasteiger partial charge on any atom is -0.381 e. The first-order valence-corrected chi connectivity index (χ1v) is 8.15. The van der Waals surface area contributed by atoms with Gasteiger partial charge in [-0.25, -0.2) is 0 Å². The molecule has 0 radical (unpaired) electrons. The molecule has 1 saturated heterocycles. The SMILES string of the molecule is CC(N)C(C)C(=O)NC1(c2ccc(Br)cc2)CCOCC1.Cl. The minimum absolute atomic E-state index is 0. The van der Waals surface area contributed by atoms with E-state index in [4.69, 9.17) is 10.5 Å². The van der Waals surface area contributed by atoms with Crippen molar-refractivity contribution in [1.82, 2.24) is 5.32 Å². The summed E-state index contributed by atoms with van der Waals surface area (Å²) in [6.07, 6.45) is 1.57. The lowest BCUT2D eigenvalue weighted by molar-refractivity contribution is -0.128. The summed E-state index contributed by atoms with van der Waals surface area (Å²) in [5, 5.41) is 3.23. The molecule has 0 saturated carbocycles. The van der Waals surface area contributed by atoms with Gasteiger partial charge >= 0.3 is 0 Å². The quantitative estimate of drug-likeness (QED) is 0.829. The molecule has 3 N–H and O–H groups in total. The number of carbonyl (C=O) groups excluding carboxylic acids is 1. The molecule has 124 valence electrons. The second kappa shape index (κ2) is 8.29. The normalized spacial score (nSPS) is 19.6. The number of amides is 1. The molecule has 6 heteroatoms. The van der Waals surface area contributed by atoms with Crippen molar-refractivity contribution < 1.29 is 9.53 Å². The van der Waals surface area contributed by atoms with Gasteiger partial charge in [-0.15, -0.1) is 12.4 Å². The Bertz CT molecular complexity index is 487. The second-order valence-electron chi connectivity index (χ2n) is 5.84. The van der Waals surface area contributed by atoms with Crippen LogP contribution in [0.15, 0.2) is 28.7 Å². The van der Waals surface area contributed by atoms with E-state index in [2.05, 4.69) is 33.4 Å². The molecule has 1 aromatic carbocycles. The van der Waals surface area contributed by atoms with Gasteiger partial charge in [-0.05, 0) is 37.5 Å². The summed E-state index contributed by atoms with van der Waals surface area (Å²) < 4.78 is 6.51. The van der Waals surface area contributed by atoms with Gasteiger partial charge in [-0.1, -0.05) is 35.0 Å². The average Bonchev–Trinajstić information content (AvgIpc) is 2.47. The Hall–Kier alpha value is -0.620. The highest BCUT2D eigenvalue weighted by Crippen LogP contribution is 2.33. The molecule has 0 aliphatic carbocycles. The molecule has 1 aliphatic rings. The molecule has 0 bridgehead atoms. The second-order valence-corrected chi connectivity index (χ2v) is 6.75. The van der Waals surface area contributed by atoms with Crippen molar-refractivity contribution in [2.45, 2.75) is 38.3 Å². The van der Waals surface area contributed by atoms with Gasteiger partial charge in [0.05, 0.1) is 5.54 Å². The molecule has 1 aliphatic heterocycles. The van der Waals surface area contributed by atoms with Crippen LogP contribution in [0.1, 0.15) is 32.3 Å². The van der Waals surface area contributed by atoms with Gasteiger partial charge in [-0.3, -0.25) is 4.79 Å². The van der Waals surface area contributed by atoms with Crippen LogP contribution in [0.25, 0.3) is 0 Å². The van der Waals surface area contributed by atoms with E-state index in [0.717, 1.165) is 22.9 Å². The van der Waals surface area contributed by atoms with Crippen LogP contribution in [0.4, 0.5) is 0 Å². The van der Waals surface area contributed by atoms with Gasteiger partial charge in [0, 0.05) is 29.6 Å². The standard InChI is InChI=1S/C16H23BrN2O2.ClH/c1-11(12(2)18)15(20)19-16(7-9-21-10-8-16)13-3-5-14(17)6-4-13;/h3-6,11-12H,7-10,18H2,1-2H3,(H,19,20);1H. The average molecular weight is 392 g/mol. The zero-order chi connectivity index (χ0) is 15.5. The summed E-state index contributed by atoms with van der Waals surface area (Å²) in [6.45, 7) is 5.04. The Labute approximate surface area is 146 Å². The third-order valence-electron chi connectivity index (χ3n) is 4.31. The number of halogens is 2. The Morgan fingerprint density at radius 2 is 1.82 bits per heavy atom. The van der Waals surface area contributed by atoms with Gasteiger partial charge in [0.2, 0.25) is 5.91 Å². The molecule has 2 unspecified atom stereocenters. The van der Waals surface area contributed by atoms with E-state index < -0.39 is 0 Å². The smallest absolute Gasteiger partial charge is 0.225 e. The molecule has 2 rings (SSSR count). The number of benzene rings is 1. The molecule has 1 fully saturated rings. The maximum Gasteiger partial charge on any atom is 0.225 e. The van der Waals surface area contributed by atoms with Crippen LogP contribution in [0.3, 0.4) is 0 Å². The van der Waals surface area contributed by atoms with E-state index in [1.54, 1.807) is 0 Å². The Morgan fingerprint density at radius 1 is 1.27 bits per heavy atom. The first-order chi connectivity index (χ1) is 9.94. The van der Waals surface area contributed by atoms with Gasteiger partial charge in [0.25, 0.3) is 0 Å². The lowest BCUT2D eigenvalue weighted by Gasteiger charge is -2.39. The summed E-state index contributed by atoms with van der Waals surface area (Å²) in [7, 11) is 0. The van der Waals surface area contributed by atoms with Gasteiger partial charge in [-0.2, -0.15) is 0 Å². The van der Waals surface area contributed by atoms with Crippen LogP contribution in [0.5, 0.6) is 0 Å². The highest BCUT2D eigenvalue weighted by Gasteiger charge is 2.37. The molecule has 1 aromatic rings. The largest absolute Gasteiger partial charge is 0.381 e. The third kappa shape index (κ3) is 4.44. The Morgan fingerprint density at radius 3 is 2.32 bits per heavy atom. The maximum atomic E-state index is 12.5. The summed E-state index contributed by atoms with van der Waals surface area (Å²) in [5.41, 5.74) is 6.63. The summed E-state index contributed by atoms with van der Waals surface area (Å²) in [5.74, 6) is -0.199. The Kier molecular flexibility index (Phi) is 7.32. The topological polar surface area (TPSA) is 64.4 Å². The number of rotatable bonds is 4. The van der Waals surface area contributed by atoms with Crippen molar-refractivity contribution in [2.75, 3.05) is 13.2 Å². The molecule has 1 amide bonds. The van der Waals surface area contributed by atoms with Crippen molar-refractivity contribution in [3.8, 4) is 0 Å². The van der Waals surface area contributed by atoms with Crippen molar-refractivity contribution in [2.24, 2.45) is 11.7 Å². The molecule has 22 heavy (non-hydrogen) atoms. The van der Waals surface area contributed by atoms with Crippen LogP contribution < -0.4 is 11.1 Å². The summed E-state index contributed by atoms with van der Waals surface area (Å²) in [4.78, 5) is 12.5. The lowest BCUT2D eigenvalue weighted by atomic mass is 9.82. The van der Waals surface area contributed by atoms with Crippen molar-refractivity contribution >= 4 is 34.2 Å². The zero-order valence-electron chi connectivity index (χ0n) is 13.0. The van der Waals surface area contributed by atoms with Crippen molar-refractivity contribution in [3.63, 3.8) is 0 Å². The van der Waals surface area contributed by atoms with Crippen molar-refractivity contribution in [1.29, 1.82) is 0 Å². The number of carbonyl (C=O) groups is 1. The van der Waals surface area contributed by atoms with E-state index in [1.807, 2.05) is 26.0 Å². The molecular weight excluding hydrogens is 368 g/mol. The van der Waals surface area contributed by atoms with Crippen LogP contribution in [0, 0.1) is 5.92 Å². The van der Waals surface area contributed by atoms with Crippen LogP contribution in [0.2, 0.25) is 0 Å². The number of nitrogens with one attached hydrogen (secondary N) is 1. The third-order valence-corrected chi connectivity index (χ3v) is 4.84. The van der Waals surface area contributed by atoms with E-state index >= 15 is 0 Å². The maximum absolute atomic E-state index is 12.5. The lowest BCUT2D eigenvalue weighted by Crippen LogP contribution is -2.52. The van der Waals surface area contributed by atoms with E-state index in [0.29, 0.717) is 13.2 Å². The monoisotopic (exact) mass is 390 g/mol. The number of hydrogen-bond acceptors (Lipinski definition) is 3. The van der Waals surface area contributed by atoms with Gasteiger partial charge in [0.15, 0.2) is 0 Å². The van der Waals surface area contributed by atoms with Crippen LogP contribution in [-0.4, -0.2) is 25.2 Å². The molecule has 1 heterocycles. The molecule has 4 nitrogen and oxygen atoms in total. The molecular formula is C16H24BrClN2O2. The van der Waals surface area contributed by atoms with Gasteiger partial charge < -0.3 is 15.8 Å². The fourth-order valence-corrected chi connectivity index (χ4v) is 2.83.